The van der Waals surface area contributed by atoms with E-state index in [2.05, 4.69) is 37.0 Å². The molecule has 2 rings (SSSR count). The molecule has 0 fully saturated rings. The Morgan fingerprint density at radius 2 is 1.70 bits per heavy atom. The second-order valence-corrected chi connectivity index (χ2v) is 5.32. The van der Waals surface area contributed by atoms with E-state index in [1.165, 1.54) is 18.4 Å². The first-order valence-electron chi connectivity index (χ1n) is 6.88. The van der Waals surface area contributed by atoms with Gasteiger partial charge in [0.05, 0.1) is 0 Å². The Balaban J connectivity index is 1.99. The van der Waals surface area contributed by atoms with Crippen LogP contribution in [0.15, 0.2) is 53.4 Å². The Morgan fingerprint density at radius 3 is 2.30 bits per heavy atom. The van der Waals surface area contributed by atoms with Gasteiger partial charge in [-0.1, -0.05) is 25.5 Å². The molecule has 0 unspecified atom stereocenters. The summed E-state index contributed by atoms with van der Waals surface area (Å²) >= 11 is 4.21. The van der Waals surface area contributed by atoms with Gasteiger partial charge in [-0.05, 0) is 54.8 Å². The van der Waals surface area contributed by atoms with Crippen molar-refractivity contribution < 1.29 is 4.79 Å². The number of aryl methyl sites for hydroxylation is 1. The molecule has 2 nitrogen and oxygen atoms in total. The molecule has 0 saturated carbocycles. The molecule has 0 aromatic heterocycles. The lowest BCUT2D eigenvalue weighted by Crippen LogP contribution is -2.11. The average molecular weight is 285 g/mol. The molecule has 0 heterocycles. The van der Waals surface area contributed by atoms with E-state index in [0.29, 0.717) is 5.56 Å². The lowest BCUT2D eigenvalue weighted by Gasteiger charge is -2.07. The van der Waals surface area contributed by atoms with Gasteiger partial charge in [0.1, 0.15) is 0 Å². The fourth-order valence-electron chi connectivity index (χ4n) is 1.95. The third kappa shape index (κ3) is 4.14. The van der Waals surface area contributed by atoms with Gasteiger partial charge in [0.15, 0.2) is 0 Å². The number of hydrogen-bond acceptors (Lipinski definition) is 2. The van der Waals surface area contributed by atoms with Crippen LogP contribution in [0.1, 0.15) is 35.7 Å². The van der Waals surface area contributed by atoms with Gasteiger partial charge < -0.3 is 5.32 Å². The highest BCUT2D eigenvalue weighted by atomic mass is 32.1. The van der Waals surface area contributed by atoms with Gasteiger partial charge in [-0.3, -0.25) is 4.79 Å². The molecule has 1 N–H and O–H groups in total. The number of carbonyl (C=O) groups is 1. The highest BCUT2D eigenvalue weighted by Crippen LogP contribution is 2.14. The van der Waals surface area contributed by atoms with E-state index in [1.54, 1.807) is 12.1 Å². The number of carbonyl (C=O) groups excluding carboxylic acids is 1. The minimum Gasteiger partial charge on any atom is -0.322 e. The molecule has 0 radical (unpaired) electrons. The van der Waals surface area contributed by atoms with Crippen molar-refractivity contribution >= 4 is 24.2 Å². The predicted octanol–water partition coefficient (Wildman–Crippen LogP) is 4.57. The Bertz CT molecular complexity index is 561. The number of hydrogen-bond donors (Lipinski definition) is 2. The molecule has 2 aromatic carbocycles. The van der Waals surface area contributed by atoms with E-state index in [0.717, 1.165) is 17.0 Å². The maximum atomic E-state index is 12.0. The largest absolute Gasteiger partial charge is 0.322 e. The number of thiol groups is 1. The van der Waals surface area contributed by atoms with Crippen molar-refractivity contribution in [1.82, 2.24) is 0 Å². The van der Waals surface area contributed by atoms with E-state index >= 15 is 0 Å². The molecule has 20 heavy (non-hydrogen) atoms. The summed E-state index contributed by atoms with van der Waals surface area (Å²) in [5, 5.41) is 2.90. The zero-order valence-corrected chi connectivity index (χ0v) is 12.5. The van der Waals surface area contributed by atoms with Crippen molar-refractivity contribution in [2.75, 3.05) is 5.32 Å². The normalized spacial score (nSPS) is 10.3. The Kier molecular flexibility index (Phi) is 5.24. The lowest BCUT2D eigenvalue weighted by atomic mass is 10.1. The zero-order chi connectivity index (χ0) is 14.4. The highest BCUT2D eigenvalue weighted by molar-refractivity contribution is 7.80. The third-order valence-corrected chi connectivity index (χ3v) is 3.46. The van der Waals surface area contributed by atoms with Crippen LogP contribution in [0.5, 0.6) is 0 Å². The number of amides is 1. The lowest BCUT2D eigenvalue weighted by molar-refractivity contribution is 0.102. The first-order valence-corrected chi connectivity index (χ1v) is 7.33. The molecule has 2 aromatic rings. The van der Waals surface area contributed by atoms with Crippen LogP contribution in [0.2, 0.25) is 0 Å². The van der Waals surface area contributed by atoms with Crippen molar-refractivity contribution in [3.8, 4) is 0 Å². The summed E-state index contributed by atoms with van der Waals surface area (Å²) in [5.74, 6) is -0.0976. The van der Waals surface area contributed by atoms with Crippen LogP contribution in [0, 0.1) is 0 Å². The summed E-state index contributed by atoms with van der Waals surface area (Å²) in [4.78, 5) is 12.9. The minimum absolute atomic E-state index is 0.0976. The van der Waals surface area contributed by atoms with E-state index in [1.807, 2.05) is 24.3 Å². The van der Waals surface area contributed by atoms with Crippen molar-refractivity contribution in [3.05, 3.63) is 59.7 Å². The number of anilines is 1. The monoisotopic (exact) mass is 285 g/mol. The smallest absolute Gasteiger partial charge is 0.255 e. The van der Waals surface area contributed by atoms with E-state index < -0.39 is 0 Å². The third-order valence-electron chi connectivity index (χ3n) is 3.16. The van der Waals surface area contributed by atoms with Gasteiger partial charge in [0, 0.05) is 16.1 Å². The standard InChI is InChI=1S/C17H19NOS/c1-2-3-4-13-5-9-15(10-6-13)18-17(19)14-7-11-16(20)12-8-14/h5-12,20H,2-4H2,1H3,(H,18,19). The summed E-state index contributed by atoms with van der Waals surface area (Å²) < 4.78 is 0. The maximum Gasteiger partial charge on any atom is 0.255 e. The second-order valence-electron chi connectivity index (χ2n) is 4.80. The van der Waals surface area contributed by atoms with Crippen LogP contribution in [0.25, 0.3) is 0 Å². The summed E-state index contributed by atoms with van der Waals surface area (Å²) in [5.41, 5.74) is 2.77. The zero-order valence-electron chi connectivity index (χ0n) is 11.6. The molecular weight excluding hydrogens is 266 g/mol. The predicted molar refractivity (Wildman–Crippen MR) is 86.7 cm³/mol. The molecule has 0 aliphatic heterocycles. The molecule has 0 aliphatic rings. The van der Waals surface area contributed by atoms with Crippen LogP contribution in [-0.2, 0) is 6.42 Å². The van der Waals surface area contributed by atoms with Crippen LogP contribution in [0.4, 0.5) is 5.69 Å². The molecule has 1 amide bonds. The molecule has 104 valence electrons. The molecular formula is C17H19NOS. The van der Waals surface area contributed by atoms with Crippen LogP contribution >= 0.6 is 12.6 Å². The average Bonchev–Trinajstić information content (AvgIpc) is 2.47. The van der Waals surface area contributed by atoms with Crippen LogP contribution < -0.4 is 5.32 Å². The Morgan fingerprint density at radius 1 is 1.05 bits per heavy atom. The van der Waals surface area contributed by atoms with E-state index in [-0.39, 0.29) is 5.91 Å². The summed E-state index contributed by atoms with van der Waals surface area (Å²) in [7, 11) is 0. The number of unbranched alkanes of at least 4 members (excludes halogenated alkanes) is 1. The summed E-state index contributed by atoms with van der Waals surface area (Å²) in [6, 6.07) is 15.2. The van der Waals surface area contributed by atoms with Gasteiger partial charge in [0.2, 0.25) is 0 Å². The second kappa shape index (κ2) is 7.15. The van der Waals surface area contributed by atoms with Gasteiger partial charge in [-0.15, -0.1) is 12.6 Å². The molecule has 0 atom stereocenters. The van der Waals surface area contributed by atoms with Crippen molar-refractivity contribution in [3.63, 3.8) is 0 Å². The quantitative estimate of drug-likeness (QED) is 0.774. The topological polar surface area (TPSA) is 29.1 Å². The van der Waals surface area contributed by atoms with E-state index in [9.17, 15) is 4.79 Å². The molecule has 0 saturated heterocycles. The first-order chi connectivity index (χ1) is 9.69. The Labute approximate surface area is 125 Å². The molecule has 0 aliphatic carbocycles. The Hall–Kier alpha value is -1.74. The number of nitrogens with one attached hydrogen (secondary N) is 1. The van der Waals surface area contributed by atoms with Gasteiger partial charge >= 0.3 is 0 Å². The van der Waals surface area contributed by atoms with Gasteiger partial charge in [-0.2, -0.15) is 0 Å². The number of benzene rings is 2. The summed E-state index contributed by atoms with van der Waals surface area (Å²) in [6.07, 6.45) is 3.48. The molecule has 3 heteroatoms. The maximum absolute atomic E-state index is 12.0. The molecule has 0 bridgehead atoms. The van der Waals surface area contributed by atoms with Crippen molar-refractivity contribution in [2.24, 2.45) is 0 Å². The van der Waals surface area contributed by atoms with Crippen LogP contribution in [0.3, 0.4) is 0 Å². The van der Waals surface area contributed by atoms with Gasteiger partial charge in [0.25, 0.3) is 5.91 Å². The minimum atomic E-state index is -0.0976. The van der Waals surface area contributed by atoms with Crippen molar-refractivity contribution in [1.29, 1.82) is 0 Å². The fraction of sp³-hybridized carbons (Fsp3) is 0.235. The molecule has 0 spiro atoms. The number of rotatable bonds is 5. The first kappa shape index (κ1) is 14.7. The van der Waals surface area contributed by atoms with E-state index in [4.69, 9.17) is 0 Å². The van der Waals surface area contributed by atoms with Crippen LogP contribution in [-0.4, -0.2) is 5.91 Å². The summed E-state index contributed by atoms with van der Waals surface area (Å²) in [6.45, 7) is 2.19. The van der Waals surface area contributed by atoms with Crippen molar-refractivity contribution in [2.45, 2.75) is 31.1 Å². The van der Waals surface area contributed by atoms with Gasteiger partial charge in [-0.25, -0.2) is 0 Å². The fourth-order valence-corrected chi connectivity index (χ4v) is 2.10. The highest BCUT2D eigenvalue weighted by Gasteiger charge is 2.05. The SMILES string of the molecule is CCCCc1ccc(NC(=O)c2ccc(S)cc2)cc1.